The van der Waals surface area contributed by atoms with Crippen molar-refractivity contribution in [1.82, 2.24) is 20.1 Å². The number of ether oxygens (including phenoxy) is 3. The summed E-state index contributed by atoms with van der Waals surface area (Å²) in [5, 5.41) is 6.97. The van der Waals surface area contributed by atoms with Crippen LogP contribution in [0.1, 0.15) is 34.1 Å². The van der Waals surface area contributed by atoms with E-state index in [9.17, 15) is 4.79 Å². The fraction of sp³-hybridized carbons (Fsp3) is 0.400. The van der Waals surface area contributed by atoms with E-state index in [2.05, 4.69) is 15.4 Å². The highest BCUT2D eigenvalue weighted by atomic mass is 16.7. The minimum Gasteiger partial charge on any atom is -0.434 e. The van der Waals surface area contributed by atoms with Crippen LogP contribution in [0, 0.1) is 5.41 Å². The Labute approximate surface area is 194 Å². The van der Waals surface area contributed by atoms with E-state index in [0.717, 1.165) is 11.1 Å². The Morgan fingerprint density at radius 2 is 1.73 bits per heavy atom. The molecule has 0 radical (unpaired) electrons. The predicted octanol–water partition coefficient (Wildman–Crippen LogP) is 4.83. The average Bonchev–Trinajstić information content (AvgIpc) is 3.33. The van der Waals surface area contributed by atoms with Crippen LogP contribution in [0.2, 0.25) is 0 Å². The van der Waals surface area contributed by atoms with E-state index in [1.54, 1.807) is 7.11 Å². The molecule has 8 nitrogen and oxygen atoms in total. The van der Waals surface area contributed by atoms with Gasteiger partial charge in [0.05, 0.1) is 12.5 Å². The molecule has 0 bridgehead atoms. The average molecular weight is 453 g/mol. The Kier molecular flexibility index (Phi) is 7.71. The standard InChI is InChI=1S/C25H32N4O4/c1-19(31-5)15-27-23(30)33-25(16-24(2,3)4,29-18-26-17-28-29)32-22-13-11-21(12-14-22)20-9-7-6-8-10-20/h6-14,17-19H,15-16H2,1-5H3,(H,27,30). The number of rotatable bonds is 9. The van der Waals surface area contributed by atoms with Gasteiger partial charge in [-0.2, -0.15) is 9.78 Å². The molecule has 2 aromatic carbocycles. The zero-order valence-electron chi connectivity index (χ0n) is 19.8. The van der Waals surface area contributed by atoms with E-state index < -0.39 is 12.0 Å². The van der Waals surface area contributed by atoms with Crippen molar-refractivity contribution >= 4 is 6.09 Å². The van der Waals surface area contributed by atoms with Crippen LogP contribution < -0.4 is 10.1 Å². The van der Waals surface area contributed by atoms with E-state index in [4.69, 9.17) is 14.2 Å². The van der Waals surface area contributed by atoms with Gasteiger partial charge in [0.15, 0.2) is 0 Å². The van der Waals surface area contributed by atoms with Crippen molar-refractivity contribution in [2.45, 2.75) is 46.1 Å². The smallest absolute Gasteiger partial charge is 0.411 e. The first-order valence-electron chi connectivity index (χ1n) is 10.9. The third-order valence-corrected chi connectivity index (χ3v) is 4.95. The number of aromatic nitrogens is 3. The Balaban J connectivity index is 1.91. The highest BCUT2D eigenvalue weighted by Gasteiger charge is 2.44. The second-order valence-corrected chi connectivity index (χ2v) is 9.10. The number of nitrogens with one attached hydrogen (secondary N) is 1. The Bertz CT molecular complexity index is 1000. The van der Waals surface area contributed by atoms with Gasteiger partial charge in [0.2, 0.25) is 0 Å². The van der Waals surface area contributed by atoms with Crippen LogP contribution in [0.25, 0.3) is 11.1 Å². The second kappa shape index (κ2) is 10.5. The van der Waals surface area contributed by atoms with E-state index in [-0.39, 0.29) is 11.5 Å². The third-order valence-electron chi connectivity index (χ3n) is 4.95. The molecule has 0 aliphatic rings. The molecule has 0 aliphatic carbocycles. The van der Waals surface area contributed by atoms with Crippen molar-refractivity contribution in [3.63, 3.8) is 0 Å². The van der Waals surface area contributed by atoms with Crippen molar-refractivity contribution in [3.05, 3.63) is 67.3 Å². The van der Waals surface area contributed by atoms with Gasteiger partial charge < -0.3 is 19.5 Å². The summed E-state index contributed by atoms with van der Waals surface area (Å²) in [7, 11) is 1.58. The van der Waals surface area contributed by atoms with Crippen molar-refractivity contribution in [2.75, 3.05) is 13.7 Å². The highest BCUT2D eigenvalue weighted by Crippen LogP contribution is 2.36. The Morgan fingerprint density at radius 3 is 2.30 bits per heavy atom. The van der Waals surface area contributed by atoms with Crippen LogP contribution in [-0.2, 0) is 15.4 Å². The molecule has 1 aromatic heterocycles. The minimum absolute atomic E-state index is 0.160. The minimum atomic E-state index is -1.54. The third kappa shape index (κ3) is 6.79. The fourth-order valence-corrected chi connectivity index (χ4v) is 3.34. The highest BCUT2D eigenvalue weighted by molar-refractivity contribution is 5.67. The predicted molar refractivity (Wildman–Crippen MR) is 126 cm³/mol. The largest absolute Gasteiger partial charge is 0.434 e. The summed E-state index contributed by atoms with van der Waals surface area (Å²) in [6.07, 6.45) is 2.40. The maximum atomic E-state index is 12.8. The molecular formula is C25H32N4O4. The van der Waals surface area contributed by atoms with E-state index >= 15 is 0 Å². The summed E-state index contributed by atoms with van der Waals surface area (Å²) >= 11 is 0. The lowest BCUT2D eigenvalue weighted by atomic mass is 9.90. The maximum absolute atomic E-state index is 12.8. The normalized spacial score (nSPS) is 14.2. The summed E-state index contributed by atoms with van der Waals surface area (Å²) in [5.74, 6) is -1.00. The second-order valence-electron chi connectivity index (χ2n) is 9.10. The molecular weight excluding hydrogens is 420 g/mol. The van der Waals surface area contributed by atoms with Gasteiger partial charge in [0, 0.05) is 13.7 Å². The van der Waals surface area contributed by atoms with Crippen LogP contribution in [0.5, 0.6) is 5.75 Å². The first-order valence-corrected chi connectivity index (χ1v) is 10.9. The first-order chi connectivity index (χ1) is 15.7. The summed E-state index contributed by atoms with van der Waals surface area (Å²) in [6.45, 7) is 8.26. The van der Waals surface area contributed by atoms with Gasteiger partial charge >= 0.3 is 12.0 Å². The Morgan fingerprint density at radius 1 is 1.06 bits per heavy atom. The topological polar surface area (TPSA) is 87.5 Å². The van der Waals surface area contributed by atoms with Crippen LogP contribution in [-0.4, -0.2) is 40.6 Å². The summed E-state index contributed by atoms with van der Waals surface area (Å²) in [6, 6.07) is 17.7. The first kappa shape index (κ1) is 24.3. The lowest BCUT2D eigenvalue weighted by Gasteiger charge is -2.37. The number of amides is 1. The molecule has 1 heterocycles. The van der Waals surface area contributed by atoms with Crippen LogP contribution in [0.4, 0.5) is 4.79 Å². The zero-order chi connectivity index (χ0) is 23.9. The number of carbonyl (C=O) groups excluding carboxylic acids is 1. The van der Waals surface area contributed by atoms with Crippen molar-refractivity contribution in [1.29, 1.82) is 0 Å². The van der Waals surface area contributed by atoms with Gasteiger partial charge in [0.25, 0.3) is 0 Å². The lowest BCUT2D eigenvalue weighted by Crippen LogP contribution is -2.49. The number of nitrogens with zero attached hydrogens (tertiary/aromatic N) is 3. The van der Waals surface area contributed by atoms with Crippen LogP contribution in [0.3, 0.4) is 0 Å². The van der Waals surface area contributed by atoms with Gasteiger partial charge in [-0.15, -0.1) is 0 Å². The van der Waals surface area contributed by atoms with E-state index in [0.29, 0.717) is 18.7 Å². The Hall–Kier alpha value is -3.39. The molecule has 2 atom stereocenters. The number of benzene rings is 2. The number of carbonyl (C=O) groups is 1. The van der Waals surface area contributed by atoms with Crippen LogP contribution >= 0.6 is 0 Å². The summed E-state index contributed by atoms with van der Waals surface area (Å²) in [5.41, 5.74) is 1.89. The van der Waals surface area contributed by atoms with Crippen molar-refractivity contribution in [3.8, 4) is 16.9 Å². The quantitative estimate of drug-likeness (QED) is 0.468. The summed E-state index contributed by atoms with van der Waals surface area (Å²) < 4.78 is 18.9. The molecule has 3 rings (SSSR count). The number of hydrogen-bond acceptors (Lipinski definition) is 6. The number of hydrogen-bond donors (Lipinski definition) is 1. The molecule has 0 saturated heterocycles. The van der Waals surface area contributed by atoms with E-state index in [1.165, 1.54) is 17.3 Å². The molecule has 2 unspecified atom stereocenters. The molecule has 0 fully saturated rings. The van der Waals surface area contributed by atoms with Crippen molar-refractivity contribution < 1.29 is 19.0 Å². The van der Waals surface area contributed by atoms with Crippen molar-refractivity contribution in [2.24, 2.45) is 5.41 Å². The van der Waals surface area contributed by atoms with Gasteiger partial charge in [-0.1, -0.05) is 63.2 Å². The molecule has 0 aliphatic heterocycles. The molecule has 33 heavy (non-hydrogen) atoms. The van der Waals surface area contributed by atoms with Crippen LogP contribution in [0.15, 0.2) is 67.3 Å². The fourth-order valence-electron chi connectivity index (χ4n) is 3.34. The van der Waals surface area contributed by atoms with Gasteiger partial charge in [-0.25, -0.2) is 9.78 Å². The molecule has 0 spiro atoms. The lowest BCUT2D eigenvalue weighted by molar-refractivity contribution is -0.230. The van der Waals surface area contributed by atoms with Gasteiger partial charge in [-0.3, -0.25) is 0 Å². The molecule has 8 heteroatoms. The molecule has 176 valence electrons. The molecule has 3 aromatic rings. The molecule has 0 saturated carbocycles. The zero-order valence-corrected chi connectivity index (χ0v) is 19.8. The molecule has 1 N–H and O–H groups in total. The molecule has 1 amide bonds. The monoisotopic (exact) mass is 452 g/mol. The number of alkyl carbamates (subject to hydrolysis) is 1. The SMILES string of the molecule is COC(C)CNC(=O)OC(CC(C)(C)C)(Oc1ccc(-c2ccccc2)cc1)n1cncn1. The summed E-state index contributed by atoms with van der Waals surface area (Å²) in [4.78, 5) is 16.8. The van der Waals surface area contributed by atoms with Gasteiger partial charge in [-0.05, 0) is 35.6 Å². The van der Waals surface area contributed by atoms with E-state index in [1.807, 2.05) is 82.3 Å². The maximum Gasteiger partial charge on any atom is 0.411 e. The van der Waals surface area contributed by atoms with Gasteiger partial charge in [0.1, 0.15) is 18.4 Å². The number of methoxy groups -OCH3 is 1.